The quantitative estimate of drug-likeness (QED) is 0.699. The Morgan fingerprint density at radius 1 is 1.23 bits per heavy atom. The topological polar surface area (TPSA) is 47.3 Å². The molecular formula is C9H8O3S. The molecule has 2 aromatic rings. The van der Waals surface area contributed by atoms with Crippen LogP contribution in [0.25, 0.3) is 11.0 Å². The van der Waals surface area contributed by atoms with E-state index in [1.54, 1.807) is 12.1 Å². The van der Waals surface area contributed by atoms with Crippen molar-refractivity contribution in [3.63, 3.8) is 0 Å². The Balaban J connectivity index is 2.77. The van der Waals surface area contributed by atoms with Crippen molar-refractivity contribution < 1.29 is 12.8 Å². The molecule has 0 atom stereocenters. The highest BCUT2D eigenvalue weighted by Crippen LogP contribution is 2.21. The lowest BCUT2D eigenvalue weighted by Gasteiger charge is -1.87. The molecule has 68 valence electrons. The van der Waals surface area contributed by atoms with Gasteiger partial charge in [0.15, 0.2) is 0 Å². The maximum absolute atomic E-state index is 11.1. The molecule has 0 aliphatic rings. The number of fused-ring (bicyclic) bond motifs is 1. The molecule has 13 heavy (non-hydrogen) atoms. The van der Waals surface area contributed by atoms with Crippen LogP contribution >= 0.6 is 0 Å². The molecule has 4 heteroatoms. The van der Waals surface area contributed by atoms with Crippen molar-refractivity contribution >= 4 is 20.8 Å². The van der Waals surface area contributed by atoms with Gasteiger partial charge in [-0.3, -0.25) is 0 Å². The average Bonchev–Trinajstić information content (AvgIpc) is 2.45. The molecule has 0 saturated heterocycles. The molecule has 0 unspecified atom stereocenters. The summed E-state index contributed by atoms with van der Waals surface area (Å²) < 4.78 is 27.4. The van der Waals surface area contributed by atoms with E-state index < -0.39 is 9.84 Å². The predicted molar refractivity (Wildman–Crippen MR) is 49.3 cm³/mol. The molecule has 3 nitrogen and oxygen atoms in total. The smallest absolute Gasteiger partial charge is 0.219 e. The van der Waals surface area contributed by atoms with Gasteiger partial charge >= 0.3 is 0 Å². The molecule has 0 amide bonds. The van der Waals surface area contributed by atoms with Crippen LogP contribution in [0, 0.1) is 0 Å². The minimum atomic E-state index is -3.23. The monoisotopic (exact) mass is 196 g/mol. The van der Waals surface area contributed by atoms with E-state index in [0.29, 0.717) is 5.58 Å². The third-order valence-corrected chi connectivity index (χ3v) is 2.70. The normalized spacial score (nSPS) is 12.1. The molecule has 0 aliphatic heterocycles. The lowest BCUT2D eigenvalue weighted by molar-refractivity contribution is 0.484. The van der Waals surface area contributed by atoms with Crippen molar-refractivity contribution in [1.29, 1.82) is 0 Å². The molecule has 0 N–H and O–H groups in total. The fraction of sp³-hybridized carbons (Fsp3) is 0.111. The van der Waals surface area contributed by atoms with Crippen LogP contribution in [0.5, 0.6) is 0 Å². The van der Waals surface area contributed by atoms with Gasteiger partial charge in [-0.15, -0.1) is 0 Å². The molecule has 0 saturated carbocycles. The van der Waals surface area contributed by atoms with Crippen molar-refractivity contribution in [2.75, 3.05) is 6.26 Å². The van der Waals surface area contributed by atoms with Crippen molar-refractivity contribution in [2.45, 2.75) is 5.09 Å². The lowest BCUT2D eigenvalue weighted by Crippen LogP contribution is -1.93. The summed E-state index contributed by atoms with van der Waals surface area (Å²) in [5, 5.41) is 0.830. The van der Waals surface area contributed by atoms with E-state index in [2.05, 4.69) is 0 Å². The van der Waals surface area contributed by atoms with E-state index >= 15 is 0 Å². The molecule has 1 aromatic carbocycles. The fourth-order valence-corrected chi connectivity index (χ4v) is 1.72. The molecule has 1 aromatic heterocycles. The van der Waals surface area contributed by atoms with Gasteiger partial charge in [0.1, 0.15) is 5.58 Å². The standard InChI is InChI=1S/C9H8O3S/c1-13(10,11)9-6-7-4-2-3-5-8(7)12-9/h2-6H,1H3. The van der Waals surface area contributed by atoms with E-state index in [9.17, 15) is 8.42 Å². The van der Waals surface area contributed by atoms with E-state index in [0.717, 1.165) is 11.6 Å². The molecule has 1 heterocycles. The molecule has 0 radical (unpaired) electrons. The summed E-state index contributed by atoms with van der Waals surface area (Å²) in [6.07, 6.45) is 1.13. The first-order chi connectivity index (χ1) is 6.07. The van der Waals surface area contributed by atoms with Crippen LogP contribution in [0.1, 0.15) is 0 Å². The zero-order valence-corrected chi connectivity index (χ0v) is 7.84. The SMILES string of the molecule is CS(=O)(=O)c1cc2ccccc2o1. The number of benzene rings is 1. The lowest BCUT2D eigenvalue weighted by atomic mass is 10.3. The first kappa shape index (κ1) is 8.31. The molecule has 0 fully saturated rings. The second-order valence-corrected chi connectivity index (χ2v) is 4.82. The summed E-state index contributed by atoms with van der Waals surface area (Å²) in [6.45, 7) is 0. The fourth-order valence-electron chi connectivity index (χ4n) is 1.14. The highest BCUT2D eigenvalue weighted by molar-refractivity contribution is 7.90. The van der Waals surface area contributed by atoms with Gasteiger partial charge in [-0.05, 0) is 6.07 Å². The largest absolute Gasteiger partial charge is 0.445 e. The van der Waals surface area contributed by atoms with Crippen LogP contribution in [0.4, 0.5) is 0 Å². The third kappa shape index (κ3) is 1.45. The molecule has 0 bridgehead atoms. The summed E-state index contributed by atoms with van der Waals surface area (Å²) in [5.74, 6) is 0. The van der Waals surface area contributed by atoms with E-state index in [1.807, 2.05) is 12.1 Å². The van der Waals surface area contributed by atoms with Crippen LogP contribution < -0.4 is 0 Å². The highest BCUT2D eigenvalue weighted by atomic mass is 32.2. The Morgan fingerprint density at radius 3 is 2.54 bits per heavy atom. The van der Waals surface area contributed by atoms with E-state index in [-0.39, 0.29) is 5.09 Å². The Bertz CT molecular complexity index is 504. The van der Waals surface area contributed by atoms with Gasteiger partial charge in [0.05, 0.1) is 0 Å². The van der Waals surface area contributed by atoms with Gasteiger partial charge in [0, 0.05) is 17.7 Å². The molecule has 0 aliphatic carbocycles. The van der Waals surface area contributed by atoms with Gasteiger partial charge in [0.25, 0.3) is 0 Å². The molecule has 0 spiro atoms. The number of sulfone groups is 1. The maximum atomic E-state index is 11.1. The summed E-state index contributed by atoms with van der Waals surface area (Å²) in [4.78, 5) is 0. The first-order valence-electron chi connectivity index (χ1n) is 3.76. The maximum Gasteiger partial charge on any atom is 0.219 e. The zero-order valence-electron chi connectivity index (χ0n) is 7.02. The van der Waals surface area contributed by atoms with Crippen molar-refractivity contribution in [1.82, 2.24) is 0 Å². The Labute approximate surface area is 75.9 Å². The highest BCUT2D eigenvalue weighted by Gasteiger charge is 2.12. The summed E-state index contributed by atoms with van der Waals surface area (Å²) in [7, 11) is -3.23. The summed E-state index contributed by atoms with van der Waals surface area (Å²) in [5.41, 5.74) is 0.600. The molecule has 2 rings (SSSR count). The van der Waals surface area contributed by atoms with E-state index in [1.165, 1.54) is 6.07 Å². The van der Waals surface area contributed by atoms with Crippen LogP contribution in [-0.2, 0) is 9.84 Å². The summed E-state index contributed by atoms with van der Waals surface area (Å²) in [6, 6.07) is 8.73. The van der Waals surface area contributed by atoms with Crippen molar-refractivity contribution in [3.05, 3.63) is 30.3 Å². The minimum absolute atomic E-state index is 0.0219. The van der Waals surface area contributed by atoms with Crippen molar-refractivity contribution in [2.24, 2.45) is 0 Å². The first-order valence-corrected chi connectivity index (χ1v) is 5.65. The third-order valence-electron chi connectivity index (χ3n) is 1.77. The van der Waals surface area contributed by atoms with Gasteiger partial charge in [-0.25, -0.2) is 8.42 Å². The predicted octanol–water partition coefficient (Wildman–Crippen LogP) is 1.84. The zero-order chi connectivity index (χ0) is 9.47. The van der Waals surface area contributed by atoms with Gasteiger partial charge in [-0.1, -0.05) is 18.2 Å². The molecular weight excluding hydrogens is 188 g/mol. The minimum Gasteiger partial charge on any atom is -0.445 e. The van der Waals surface area contributed by atoms with Crippen LogP contribution in [-0.4, -0.2) is 14.7 Å². The number of hydrogen-bond acceptors (Lipinski definition) is 3. The van der Waals surface area contributed by atoms with Crippen LogP contribution in [0.2, 0.25) is 0 Å². The van der Waals surface area contributed by atoms with Gasteiger partial charge in [-0.2, -0.15) is 0 Å². The Kier molecular flexibility index (Phi) is 1.66. The number of hydrogen-bond donors (Lipinski definition) is 0. The van der Waals surface area contributed by atoms with Gasteiger partial charge in [0.2, 0.25) is 14.9 Å². The van der Waals surface area contributed by atoms with Crippen LogP contribution in [0.3, 0.4) is 0 Å². The average molecular weight is 196 g/mol. The number of rotatable bonds is 1. The van der Waals surface area contributed by atoms with Crippen LogP contribution in [0.15, 0.2) is 39.8 Å². The summed E-state index contributed by atoms with van der Waals surface area (Å²) >= 11 is 0. The number of para-hydroxylation sites is 1. The van der Waals surface area contributed by atoms with Gasteiger partial charge < -0.3 is 4.42 Å². The van der Waals surface area contributed by atoms with Crippen molar-refractivity contribution in [3.8, 4) is 0 Å². The second kappa shape index (κ2) is 2.60. The van der Waals surface area contributed by atoms with E-state index in [4.69, 9.17) is 4.42 Å². The second-order valence-electron chi connectivity index (χ2n) is 2.88. The Hall–Kier alpha value is -1.29. The number of furan rings is 1. The Morgan fingerprint density at radius 2 is 1.92 bits per heavy atom.